The van der Waals surface area contributed by atoms with Crippen molar-refractivity contribution in [1.82, 2.24) is 24.4 Å². The van der Waals surface area contributed by atoms with Gasteiger partial charge in [0.1, 0.15) is 40.8 Å². The Labute approximate surface area is 219 Å². The standard InChI is InChI=1S/C25H23BrN8O3/c1-12(35)30-14-5-6-16-15(9-14)22-23(27)28-11-29-24(22)33(16)10-21(36)34-17-7-13(17)8-18(34)25(37)32-20-4-2-3-19(26)31-20/h2-6,9,11,13,17-18H,7-8,10H2,1H3,(H,30,35)(H2,27,28,29)(H,31,32,37)/t13-,17-,18+/m1/s1. The number of nitrogens with one attached hydrogen (secondary N) is 2. The van der Waals surface area contributed by atoms with E-state index in [-0.39, 0.29) is 36.1 Å². The Bertz CT molecular complexity index is 1600. The highest BCUT2D eigenvalue weighted by Gasteiger charge is 2.56. The minimum atomic E-state index is -0.573. The van der Waals surface area contributed by atoms with Gasteiger partial charge in [-0.2, -0.15) is 0 Å². The summed E-state index contributed by atoms with van der Waals surface area (Å²) in [6, 6.07) is 10.1. The van der Waals surface area contributed by atoms with Crippen molar-refractivity contribution in [3.05, 3.63) is 47.3 Å². The molecule has 1 aliphatic carbocycles. The number of benzene rings is 1. The fourth-order valence-corrected chi connectivity index (χ4v) is 5.68. The summed E-state index contributed by atoms with van der Waals surface area (Å²) in [4.78, 5) is 53.0. The van der Waals surface area contributed by atoms with Gasteiger partial charge in [-0.1, -0.05) is 6.07 Å². The van der Waals surface area contributed by atoms with Crippen LogP contribution in [0.5, 0.6) is 0 Å². The predicted molar refractivity (Wildman–Crippen MR) is 141 cm³/mol. The van der Waals surface area contributed by atoms with Gasteiger partial charge in [0.15, 0.2) is 0 Å². The van der Waals surface area contributed by atoms with Crippen LogP contribution in [0.1, 0.15) is 19.8 Å². The third kappa shape index (κ3) is 4.16. The lowest BCUT2D eigenvalue weighted by atomic mass is 10.1. The Morgan fingerprint density at radius 1 is 1.14 bits per heavy atom. The van der Waals surface area contributed by atoms with Gasteiger partial charge in [-0.05, 0) is 65.0 Å². The Kier molecular flexibility index (Phi) is 5.55. The minimum absolute atomic E-state index is 0.0158. The molecule has 1 aliphatic heterocycles. The number of aromatic nitrogens is 4. The average Bonchev–Trinajstić information content (AvgIpc) is 3.39. The number of likely N-dealkylation sites (tertiary alicyclic amines) is 1. The minimum Gasteiger partial charge on any atom is -0.383 e. The molecule has 3 amide bonds. The van der Waals surface area contributed by atoms with E-state index in [4.69, 9.17) is 5.73 Å². The molecule has 4 heterocycles. The molecule has 0 spiro atoms. The molecule has 0 bridgehead atoms. The zero-order valence-electron chi connectivity index (χ0n) is 19.8. The van der Waals surface area contributed by atoms with E-state index in [0.717, 1.165) is 17.3 Å². The molecule has 0 unspecified atom stereocenters. The smallest absolute Gasteiger partial charge is 0.248 e. The normalized spacial score (nSPS) is 20.2. The largest absolute Gasteiger partial charge is 0.383 e. The van der Waals surface area contributed by atoms with E-state index in [2.05, 4.69) is 41.5 Å². The number of pyridine rings is 1. The zero-order chi connectivity index (χ0) is 25.8. The quantitative estimate of drug-likeness (QED) is 0.316. The fourth-order valence-electron chi connectivity index (χ4n) is 5.33. The van der Waals surface area contributed by atoms with Crippen molar-refractivity contribution in [3.8, 4) is 0 Å². The van der Waals surface area contributed by atoms with Gasteiger partial charge in [0.25, 0.3) is 0 Å². The number of carbonyl (C=O) groups excluding carboxylic acids is 3. The molecular formula is C25H23BrN8O3. The van der Waals surface area contributed by atoms with Gasteiger partial charge in [0.2, 0.25) is 17.7 Å². The highest BCUT2D eigenvalue weighted by molar-refractivity contribution is 9.10. The summed E-state index contributed by atoms with van der Waals surface area (Å²) >= 11 is 3.31. The third-order valence-electron chi connectivity index (χ3n) is 6.94. The third-order valence-corrected chi connectivity index (χ3v) is 7.39. The fraction of sp³-hybridized carbons (Fsp3) is 0.280. The van der Waals surface area contributed by atoms with Gasteiger partial charge in [0.05, 0.1) is 10.9 Å². The molecule has 1 saturated carbocycles. The van der Waals surface area contributed by atoms with Crippen LogP contribution in [-0.2, 0) is 20.9 Å². The van der Waals surface area contributed by atoms with Gasteiger partial charge >= 0.3 is 0 Å². The molecular weight excluding hydrogens is 540 g/mol. The van der Waals surface area contributed by atoms with Crippen LogP contribution in [-0.4, -0.2) is 54.2 Å². The van der Waals surface area contributed by atoms with E-state index in [1.54, 1.807) is 39.8 Å². The van der Waals surface area contributed by atoms with Gasteiger partial charge in [-0.3, -0.25) is 14.4 Å². The number of rotatable bonds is 5. The van der Waals surface area contributed by atoms with Gasteiger partial charge in [-0.25, -0.2) is 15.0 Å². The Balaban J connectivity index is 1.33. The van der Waals surface area contributed by atoms with E-state index < -0.39 is 6.04 Å². The first kappa shape index (κ1) is 23.3. The molecule has 6 rings (SSSR count). The Hall–Kier alpha value is -4.06. The molecule has 2 aliphatic rings. The number of hydrogen-bond acceptors (Lipinski definition) is 7. The molecule has 1 aromatic carbocycles. The van der Waals surface area contributed by atoms with Crippen molar-refractivity contribution in [2.75, 3.05) is 16.4 Å². The van der Waals surface area contributed by atoms with Crippen LogP contribution < -0.4 is 16.4 Å². The van der Waals surface area contributed by atoms with Crippen molar-refractivity contribution in [1.29, 1.82) is 0 Å². The summed E-state index contributed by atoms with van der Waals surface area (Å²) in [5.41, 5.74) is 8.06. The predicted octanol–water partition coefficient (Wildman–Crippen LogP) is 2.91. The lowest BCUT2D eigenvalue weighted by molar-refractivity contribution is -0.138. The molecule has 4 aromatic rings. The number of nitrogens with zero attached hydrogens (tertiary/aromatic N) is 5. The van der Waals surface area contributed by atoms with E-state index >= 15 is 0 Å². The van der Waals surface area contributed by atoms with Crippen molar-refractivity contribution >= 4 is 72.9 Å². The van der Waals surface area contributed by atoms with E-state index in [0.29, 0.717) is 39.5 Å². The molecule has 11 nitrogen and oxygen atoms in total. The Morgan fingerprint density at radius 3 is 2.76 bits per heavy atom. The number of nitrogen functional groups attached to an aromatic ring is 1. The van der Waals surface area contributed by atoms with Crippen LogP contribution in [0.25, 0.3) is 21.9 Å². The second-order valence-electron chi connectivity index (χ2n) is 9.41. The molecule has 4 N–H and O–H groups in total. The summed E-state index contributed by atoms with van der Waals surface area (Å²) in [6.07, 6.45) is 2.88. The SMILES string of the molecule is CC(=O)Nc1ccc2c(c1)c1c(N)ncnc1n2CC(=O)N1[C@@H]2C[C@@H]2C[C@H]1C(=O)Nc1cccc(Br)n1. The molecule has 0 radical (unpaired) electrons. The summed E-state index contributed by atoms with van der Waals surface area (Å²) in [6.45, 7) is 1.42. The second-order valence-corrected chi connectivity index (χ2v) is 10.2. The van der Waals surface area contributed by atoms with Crippen LogP contribution in [0.15, 0.2) is 47.3 Å². The number of halogens is 1. The number of amides is 3. The molecule has 12 heteroatoms. The van der Waals surface area contributed by atoms with Crippen molar-refractivity contribution in [2.45, 2.75) is 38.4 Å². The van der Waals surface area contributed by atoms with E-state index in [1.165, 1.54) is 13.3 Å². The maximum atomic E-state index is 13.7. The first-order valence-corrected chi connectivity index (χ1v) is 12.6. The van der Waals surface area contributed by atoms with Crippen molar-refractivity contribution in [3.63, 3.8) is 0 Å². The lowest BCUT2D eigenvalue weighted by Gasteiger charge is -2.27. The number of anilines is 3. The first-order valence-electron chi connectivity index (χ1n) is 11.8. The van der Waals surface area contributed by atoms with Crippen LogP contribution >= 0.6 is 15.9 Å². The monoisotopic (exact) mass is 562 g/mol. The van der Waals surface area contributed by atoms with Gasteiger partial charge in [0, 0.05) is 24.0 Å². The van der Waals surface area contributed by atoms with Crippen LogP contribution in [0.4, 0.5) is 17.3 Å². The number of hydrogen-bond donors (Lipinski definition) is 3. The van der Waals surface area contributed by atoms with Gasteiger partial charge < -0.3 is 25.8 Å². The highest BCUT2D eigenvalue weighted by Crippen LogP contribution is 2.48. The molecule has 1 saturated heterocycles. The highest BCUT2D eigenvalue weighted by atomic mass is 79.9. The van der Waals surface area contributed by atoms with Crippen molar-refractivity contribution in [2.24, 2.45) is 5.92 Å². The van der Waals surface area contributed by atoms with Crippen LogP contribution in [0.2, 0.25) is 0 Å². The maximum Gasteiger partial charge on any atom is 0.248 e. The zero-order valence-corrected chi connectivity index (χ0v) is 21.4. The molecule has 37 heavy (non-hydrogen) atoms. The summed E-state index contributed by atoms with van der Waals surface area (Å²) in [5, 5.41) is 6.96. The van der Waals surface area contributed by atoms with Gasteiger partial charge in [-0.15, -0.1) is 0 Å². The Morgan fingerprint density at radius 2 is 1.97 bits per heavy atom. The first-order chi connectivity index (χ1) is 17.8. The topological polar surface area (TPSA) is 148 Å². The van der Waals surface area contributed by atoms with Crippen LogP contribution in [0, 0.1) is 5.92 Å². The summed E-state index contributed by atoms with van der Waals surface area (Å²) < 4.78 is 2.41. The van der Waals surface area contributed by atoms with E-state index in [9.17, 15) is 14.4 Å². The molecule has 2 fully saturated rings. The number of carbonyl (C=O) groups is 3. The summed E-state index contributed by atoms with van der Waals surface area (Å²) in [7, 11) is 0. The summed E-state index contributed by atoms with van der Waals surface area (Å²) in [5.74, 6) is 0.416. The maximum absolute atomic E-state index is 13.7. The average molecular weight is 563 g/mol. The lowest BCUT2D eigenvalue weighted by Crippen LogP contribution is -2.46. The van der Waals surface area contributed by atoms with Crippen LogP contribution in [0.3, 0.4) is 0 Å². The molecule has 3 aromatic heterocycles. The second kappa shape index (κ2) is 8.80. The number of piperidine rings is 1. The van der Waals surface area contributed by atoms with E-state index in [1.807, 2.05) is 6.07 Å². The number of fused-ring (bicyclic) bond motifs is 4. The van der Waals surface area contributed by atoms with Crippen molar-refractivity contribution < 1.29 is 14.4 Å². The number of nitrogens with two attached hydrogens (primary N) is 1. The molecule has 3 atom stereocenters. The molecule has 188 valence electrons.